The number of aromatic nitrogens is 2. The summed E-state index contributed by atoms with van der Waals surface area (Å²) in [4.78, 5) is 2.95. The number of fused-ring (bicyclic) bond motifs is 12. The third kappa shape index (κ3) is 6.43. The molecule has 13 aromatic rings. The summed E-state index contributed by atoms with van der Waals surface area (Å²) in [6.07, 6.45) is 0. The van der Waals surface area contributed by atoms with Crippen LogP contribution in [0.4, 0.5) is 34.1 Å². The lowest BCUT2D eigenvalue weighted by Crippen LogP contribution is -2.12. The molecule has 0 saturated carbocycles. The van der Waals surface area contributed by atoms with Crippen molar-refractivity contribution in [3.05, 3.63) is 204 Å². The number of para-hydroxylation sites is 4. The minimum absolute atomic E-state index is 0.0251. The molecule has 9 aromatic carbocycles. The molecule has 0 aliphatic carbocycles. The van der Waals surface area contributed by atoms with Crippen LogP contribution in [0.1, 0.15) is 144 Å². The van der Waals surface area contributed by atoms with Gasteiger partial charge in [-0.2, -0.15) is 0 Å². The van der Waals surface area contributed by atoms with E-state index in [1.165, 1.54) is 9.80 Å². The maximum absolute atomic E-state index is 11.0. The van der Waals surface area contributed by atoms with Crippen molar-refractivity contribution < 1.29 is 41.1 Å². The summed E-state index contributed by atoms with van der Waals surface area (Å²) < 4.78 is 289. The molecule has 0 radical (unpaired) electrons. The van der Waals surface area contributed by atoms with Crippen LogP contribution in [-0.4, -0.2) is 8.80 Å². The highest BCUT2D eigenvalue weighted by Gasteiger charge is 2.31. The van der Waals surface area contributed by atoms with Crippen LogP contribution in [0.3, 0.4) is 0 Å². The zero-order valence-corrected chi connectivity index (χ0v) is 39.3. The first kappa shape index (κ1) is 22.7. The quantitative estimate of drug-likeness (QED) is 0.151. The molecule has 4 nitrogen and oxygen atoms in total. The predicted molar refractivity (Wildman–Crippen MR) is 311 cm³/mol. The molecule has 354 valence electrons. The van der Waals surface area contributed by atoms with Gasteiger partial charge in [-0.3, -0.25) is 0 Å². The minimum Gasteiger partial charge on any atom is -0.310 e. The zero-order valence-electron chi connectivity index (χ0n) is 69.3. The van der Waals surface area contributed by atoms with Gasteiger partial charge in [0.2, 0.25) is 0 Å². The Hall–Kier alpha value is -7.82. The van der Waals surface area contributed by atoms with Gasteiger partial charge in [0.25, 0.3) is 0 Å². The fourth-order valence-corrected chi connectivity index (χ4v) is 10.6. The first-order valence-corrected chi connectivity index (χ1v) is 23.5. The lowest BCUT2D eigenvalue weighted by atomic mass is 9.85. The fraction of sp³-hybridized carbons (Fsp3) is 0.206. The number of benzene rings is 9. The number of rotatable bonds is 8. The van der Waals surface area contributed by atoms with Crippen molar-refractivity contribution in [2.45, 2.75) is 91.5 Å². The average Bonchev–Trinajstić information content (AvgIpc) is 1.25. The van der Waals surface area contributed by atoms with Gasteiger partial charge in [0.05, 0.1) is 60.9 Å². The molecule has 0 N–H and O–H groups in total. The van der Waals surface area contributed by atoms with E-state index < -0.39 is 212 Å². The monoisotopic (exact) mass is 965 g/mol. The number of hydrogen-bond donors (Lipinski definition) is 0. The third-order valence-electron chi connectivity index (χ3n) is 13.9. The van der Waals surface area contributed by atoms with Crippen molar-refractivity contribution in [1.29, 1.82) is 0 Å². The molecular formula is C68H62N4. The second-order valence-corrected chi connectivity index (χ2v) is 19.0. The van der Waals surface area contributed by atoms with E-state index in [1.807, 2.05) is 27.7 Å². The summed E-state index contributed by atoms with van der Waals surface area (Å²) in [6.45, 7) is -17.5. The van der Waals surface area contributed by atoms with Crippen molar-refractivity contribution >= 4 is 110 Å². The molecule has 0 fully saturated rings. The van der Waals surface area contributed by atoms with Crippen LogP contribution in [-0.2, 0) is 10.8 Å². The molecule has 0 aliphatic rings. The summed E-state index contributed by atoms with van der Waals surface area (Å²) in [7, 11) is 0. The van der Waals surface area contributed by atoms with Crippen LogP contribution in [0.25, 0.3) is 76.2 Å². The highest BCUT2D eigenvalue weighted by molar-refractivity contribution is 6.32. The fourth-order valence-electron chi connectivity index (χ4n) is 10.6. The summed E-state index contributed by atoms with van der Waals surface area (Å²) in [5, 5.41) is -4.45. The Morgan fingerprint density at radius 1 is 0.403 bits per heavy atom. The van der Waals surface area contributed by atoms with Crippen LogP contribution < -0.4 is 9.80 Å². The molecule has 13 rings (SSSR count). The topological polar surface area (TPSA) is 15.3 Å². The first-order valence-electron chi connectivity index (χ1n) is 38.5. The lowest BCUT2D eigenvalue weighted by Gasteiger charge is -2.27. The van der Waals surface area contributed by atoms with E-state index in [0.717, 1.165) is 19.9 Å². The summed E-state index contributed by atoms with van der Waals surface area (Å²) in [5.74, 6) is -0.0501. The molecule has 0 amide bonds. The zero-order chi connectivity index (χ0) is 75.0. The van der Waals surface area contributed by atoms with E-state index in [-0.39, 0.29) is 46.0 Å². The molecule has 0 unspecified atom stereocenters. The Morgan fingerprint density at radius 2 is 0.778 bits per heavy atom. The number of nitrogens with zero attached hydrogens (tertiary/aromatic N) is 4. The largest absolute Gasteiger partial charge is 0.310 e. The van der Waals surface area contributed by atoms with E-state index in [0.29, 0.717) is 0 Å². The maximum atomic E-state index is 11.0. The number of hydrogen-bond acceptors (Lipinski definition) is 2. The molecule has 72 heavy (non-hydrogen) atoms. The van der Waals surface area contributed by atoms with Gasteiger partial charge in [0, 0.05) is 90.5 Å². The van der Waals surface area contributed by atoms with Crippen molar-refractivity contribution in [1.82, 2.24) is 8.80 Å². The van der Waals surface area contributed by atoms with E-state index in [1.54, 1.807) is 109 Å². The molecule has 0 spiro atoms. The van der Waals surface area contributed by atoms with Gasteiger partial charge in [-0.1, -0.05) is 178 Å². The normalized spacial score (nSPS) is 19.9. The molecule has 4 aromatic heterocycles. The van der Waals surface area contributed by atoms with Crippen LogP contribution in [0.15, 0.2) is 182 Å². The van der Waals surface area contributed by atoms with Gasteiger partial charge in [0.1, 0.15) is 0 Å². The van der Waals surface area contributed by atoms with Gasteiger partial charge in [-0.25, -0.2) is 0 Å². The Kier molecular flexibility index (Phi) is 5.00. The van der Waals surface area contributed by atoms with Gasteiger partial charge in [-0.05, 0) is 118 Å². The van der Waals surface area contributed by atoms with Gasteiger partial charge >= 0.3 is 0 Å². The van der Waals surface area contributed by atoms with E-state index in [4.69, 9.17) is 24.7 Å². The Balaban J connectivity index is 1.41. The molecule has 0 atom stereocenters. The summed E-state index contributed by atoms with van der Waals surface area (Å²) in [5.41, 5.74) is -13.3. The van der Waals surface area contributed by atoms with E-state index >= 15 is 0 Å². The molecule has 4 heterocycles. The van der Waals surface area contributed by atoms with Crippen molar-refractivity contribution in [3.63, 3.8) is 0 Å². The first-order chi connectivity index (χ1) is 47.2. The van der Waals surface area contributed by atoms with Crippen molar-refractivity contribution in [2.75, 3.05) is 9.80 Å². The Bertz CT molecular complexity index is 5200. The highest BCUT2D eigenvalue weighted by atomic mass is 15.2. The van der Waals surface area contributed by atoms with Gasteiger partial charge in [0.15, 0.2) is 0 Å². The SMILES string of the molecule is [2H]c1c([2H])c(C(C([2H])([2H])[2H])(C([2H])([2H])[2H])C([2H])([2H])[2H])c2c(c1[2H])c1c(N(c3ccccc3)c3ccc(C(C)C)cc3)c([2H])c([2H])c3c4c([2H])c5c(c([2H])c4n2c31)c1c([2H])c([2H])c(N(c2ccccc2)c2ccc(C(C)C)cc2)c2c3c([2H])c([2H])c([2H])c(C(C([2H])([2H])[2H])(C([2H])([2H])[2H])C([2H])([2H])[2H])c3n5c12. The third-order valence-corrected chi connectivity index (χ3v) is 13.9. The smallest absolute Gasteiger partial charge is 0.0653 e. The molecule has 0 bridgehead atoms. The van der Waals surface area contributed by atoms with E-state index in [9.17, 15) is 16.4 Å². The van der Waals surface area contributed by atoms with E-state index in [2.05, 4.69) is 0 Å². The Morgan fingerprint density at radius 3 is 1.14 bits per heavy atom. The van der Waals surface area contributed by atoms with Gasteiger partial charge < -0.3 is 18.6 Å². The van der Waals surface area contributed by atoms with Crippen molar-refractivity contribution in [3.8, 4) is 0 Å². The Labute approximate surface area is 465 Å². The van der Waals surface area contributed by atoms with Crippen LogP contribution in [0.2, 0.25) is 0 Å². The summed E-state index contributed by atoms with van der Waals surface area (Å²) >= 11 is 0. The molecule has 0 aliphatic heterocycles. The standard InChI is InChI=1S/C68H62N4/c1-41(2)43-27-31-47(32-28-43)69(45-19-13-11-14-20-45)57-37-35-49-53-39-60-54(40-59(53)71-63-51(61(57)65(49)71)23-17-25-55(63)67(5,6)7)50-36-38-58(62-52-24-18-26-56(68(8,9)10)64(52)72(60)66(50)62)70(46-21-15-12-16-22-46)48-33-29-44(30-34-48)42(3)4/h11-42H,1-10H3/i5D3,6D3,7D3,8D3,9D3,10D3,17D,18D,23D,24D,25D,26D,35D,36D,37D,38D,39D,40D. The second-order valence-electron chi connectivity index (χ2n) is 19.0. The summed E-state index contributed by atoms with van der Waals surface area (Å²) in [6, 6.07) is 18.0. The van der Waals surface area contributed by atoms with Crippen molar-refractivity contribution in [2.24, 2.45) is 0 Å². The van der Waals surface area contributed by atoms with Crippen LogP contribution in [0, 0.1) is 0 Å². The van der Waals surface area contributed by atoms with Crippen LogP contribution >= 0.6 is 0 Å². The lowest BCUT2D eigenvalue weighted by molar-refractivity contribution is 0.594. The highest BCUT2D eigenvalue weighted by Crippen LogP contribution is 2.53. The molecular weight excluding hydrogens is 873 g/mol. The predicted octanol–water partition coefficient (Wildman–Crippen LogP) is 19.8. The second kappa shape index (κ2) is 15.8. The maximum Gasteiger partial charge on any atom is 0.0653 e. The van der Waals surface area contributed by atoms with Gasteiger partial charge in [-0.15, -0.1) is 0 Å². The molecule has 0 saturated heterocycles. The minimum atomic E-state index is -4.21. The van der Waals surface area contributed by atoms with Crippen LogP contribution in [0.5, 0.6) is 0 Å². The molecule has 4 heteroatoms. The average molecular weight is 965 g/mol. The number of anilines is 6.